The second-order valence-electron chi connectivity index (χ2n) is 8.51. The smallest absolute Gasteiger partial charge is 0.246 e. The lowest BCUT2D eigenvalue weighted by Crippen LogP contribution is -2.24. The van der Waals surface area contributed by atoms with E-state index >= 15 is 0 Å². The summed E-state index contributed by atoms with van der Waals surface area (Å²) in [6.07, 6.45) is 5.51. The van der Waals surface area contributed by atoms with Crippen molar-refractivity contribution < 1.29 is 13.2 Å². The number of hydrogen-bond acceptors (Lipinski definition) is 6. The van der Waals surface area contributed by atoms with Crippen LogP contribution < -0.4 is 0 Å². The minimum absolute atomic E-state index is 0.122. The van der Waals surface area contributed by atoms with Gasteiger partial charge in [-0.05, 0) is 31.9 Å². The van der Waals surface area contributed by atoms with Gasteiger partial charge in [0.25, 0.3) is 0 Å². The molecule has 0 aliphatic carbocycles. The first-order chi connectivity index (χ1) is 15.7. The predicted molar refractivity (Wildman–Crippen MR) is 125 cm³/mol. The lowest BCUT2D eigenvalue weighted by atomic mass is 10.1. The Bertz CT molecular complexity index is 1280. The van der Waals surface area contributed by atoms with Gasteiger partial charge in [-0.25, -0.2) is 13.1 Å². The molecule has 3 aromatic rings. The van der Waals surface area contributed by atoms with Crippen LogP contribution in [-0.2, 0) is 27.7 Å². The van der Waals surface area contributed by atoms with Gasteiger partial charge in [0.1, 0.15) is 5.69 Å². The van der Waals surface area contributed by atoms with E-state index in [2.05, 4.69) is 15.4 Å². The molecule has 0 spiro atoms. The largest absolute Gasteiger partial charge is 0.338 e. The second kappa shape index (κ2) is 9.30. The van der Waals surface area contributed by atoms with E-state index in [-0.39, 0.29) is 23.5 Å². The van der Waals surface area contributed by atoms with Gasteiger partial charge in [0.2, 0.25) is 5.91 Å². The molecule has 0 radical (unpaired) electrons. The Morgan fingerprint density at radius 2 is 2.00 bits per heavy atom. The maximum atomic E-state index is 12.7. The molecule has 0 saturated carbocycles. The van der Waals surface area contributed by atoms with Gasteiger partial charge in [-0.15, -0.1) is 5.10 Å². The first-order valence-electron chi connectivity index (χ1n) is 10.8. The van der Waals surface area contributed by atoms with Crippen LogP contribution in [0.2, 0.25) is 0 Å². The van der Waals surface area contributed by atoms with Gasteiger partial charge >= 0.3 is 0 Å². The Morgan fingerprint density at radius 1 is 1.24 bits per heavy atom. The van der Waals surface area contributed by atoms with Crippen LogP contribution in [0.15, 0.2) is 42.6 Å². The van der Waals surface area contributed by atoms with Crippen LogP contribution in [0, 0.1) is 13.8 Å². The van der Waals surface area contributed by atoms with Crippen LogP contribution in [0.25, 0.3) is 6.08 Å². The van der Waals surface area contributed by atoms with Gasteiger partial charge in [-0.3, -0.25) is 9.48 Å². The summed E-state index contributed by atoms with van der Waals surface area (Å²) in [6, 6.07) is 9.83. The molecule has 1 amide bonds. The third-order valence-electron chi connectivity index (χ3n) is 5.94. The fourth-order valence-corrected chi connectivity index (χ4v) is 5.78. The molecule has 1 atom stereocenters. The highest BCUT2D eigenvalue weighted by Crippen LogP contribution is 2.27. The topological polar surface area (TPSA) is 103 Å². The summed E-state index contributed by atoms with van der Waals surface area (Å²) >= 11 is 0. The van der Waals surface area contributed by atoms with Crippen molar-refractivity contribution in [2.75, 3.05) is 18.6 Å². The molecule has 0 bridgehead atoms. The summed E-state index contributed by atoms with van der Waals surface area (Å²) in [5, 5.41) is 12.8. The van der Waals surface area contributed by atoms with Gasteiger partial charge in [0, 0.05) is 30.9 Å². The van der Waals surface area contributed by atoms with Gasteiger partial charge < -0.3 is 4.90 Å². The highest BCUT2D eigenvalue weighted by Gasteiger charge is 2.31. The van der Waals surface area contributed by atoms with Crippen LogP contribution in [0.1, 0.15) is 40.7 Å². The number of aromatic nitrogens is 5. The van der Waals surface area contributed by atoms with Gasteiger partial charge in [0.05, 0.1) is 36.0 Å². The van der Waals surface area contributed by atoms with Crippen molar-refractivity contribution in [2.45, 2.75) is 39.4 Å². The maximum absolute atomic E-state index is 12.7. The first kappa shape index (κ1) is 22.9. The van der Waals surface area contributed by atoms with Crippen LogP contribution >= 0.6 is 0 Å². The first-order valence-corrected chi connectivity index (χ1v) is 12.7. The summed E-state index contributed by atoms with van der Waals surface area (Å²) in [5.41, 5.74) is 4.38. The number of amides is 1. The number of nitrogens with zero attached hydrogens (tertiary/aromatic N) is 6. The second-order valence-corrected chi connectivity index (χ2v) is 10.7. The Kier molecular flexibility index (Phi) is 6.46. The van der Waals surface area contributed by atoms with Crippen LogP contribution in [0.5, 0.6) is 0 Å². The molecule has 1 unspecified atom stereocenters. The Labute approximate surface area is 193 Å². The molecule has 0 N–H and O–H groups in total. The number of carbonyl (C=O) groups is 1. The lowest BCUT2D eigenvalue weighted by Gasteiger charge is -2.16. The van der Waals surface area contributed by atoms with Crippen molar-refractivity contribution in [3.63, 3.8) is 0 Å². The summed E-state index contributed by atoms with van der Waals surface area (Å²) in [4.78, 5) is 14.3. The predicted octanol–water partition coefficient (Wildman–Crippen LogP) is 2.17. The summed E-state index contributed by atoms with van der Waals surface area (Å²) in [5.74, 6) is 0.157. The zero-order valence-electron chi connectivity index (χ0n) is 19.0. The fourth-order valence-electron chi connectivity index (χ4n) is 4.09. The maximum Gasteiger partial charge on any atom is 0.246 e. The van der Waals surface area contributed by atoms with Crippen molar-refractivity contribution in [3.8, 4) is 0 Å². The number of benzene rings is 1. The van der Waals surface area contributed by atoms with Gasteiger partial charge in [-0.1, -0.05) is 35.5 Å². The van der Waals surface area contributed by atoms with E-state index in [0.29, 0.717) is 25.2 Å². The normalized spacial score (nSPS) is 17.6. The number of hydrogen-bond donors (Lipinski definition) is 0. The Morgan fingerprint density at radius 3 is 2.70 bits per heavy atom. The van der Waals surface area contributed by atoms with E-state index in [1.807, 2.05) is 48.9 Å². The summed E-state index contributed by atoms with van der Waals surface area (Å²) in [7, 11) is -1.27. The highest BCUT2D eigenvalue weighted by molar-refractivity contribution is 7.91. The number of sulfone groups is 1. The summed E-state index contributed by atoms with van der Waals surface area (Å²) in [6.45, 7) is 4.82. The molecule has 1 aliphatic heterocycles. The molecule has 10 heteroatoms. The minimum atomic E-state index is -3.00. The molecule has 2 aromatic heterocycles. The SMILES string of the molecule is Cc1nn(C2CCS(=O)(=O)C2)c(C)c1CN(C)C(=O)/C=C/c1cn(Cc2ccccc2)nn1. The molecular weight excluding hydrogens is 440 g/mol. The zero-order chi connectivity index (χ0) is 23.6. The van der Waals surface area contributed by atoms with Gasteiger partial charge in [0.15, 0.2) is 9.84 Å². The standard InChI is InChI=1S/C23H28N6O3S/c1-17-22(18(2)29(25-17)21-11-12-33(31,32)16-21)15-27(3)23(30)10-9-20-14-28(26-24-20)13-19-7-5-4-6-8-19/h4-10,14,21H,11-13,15-16H2,1-3H3/b10-9+. The van der Waals surface area contributed by atoms with Gasteiger partial charge in [-0.2, -0.15) is 5.10 Å². The average molecular weight is 469 g/mol. The van der Waals surface area contributed by atoms with E-state index in [4.69, 9.17) is 0 Å². The van der Waals surface area contributed by atoms with Crippen molar-refractivity contribution in [1.29, 1.82) is 0 Å². The molecule has 1 aromatic carbocycles. The van der Waals surface area contributed by atoms with E-state index in [1.165, 1.54) is 6.08 Å². The highest BCUT2D eigenvalue weighted by atomic mass is 32.2. The minimum Gasteiger partial charge on any atom is -0.338 e. The van der Waals surface area contributed by atoms with Crippen molar-refractivity contribution in [3.05, 3.63) is 70.8 Å². The van der Waals surface area contributed by atoms with Crippen molar-refractivity contribution in [2.24, 2.45) is 0 Å². The number of carbonyl (C=O) groups excluding carboxylic acids is 1. The van der Waals surface area contributed by atoms with Crippen LogP contribution in [0.3, 0.4) is 0 Å². The molecule has 9 nitrogen and oxygen atoms in total. The quantitative estimate of drug-likeness (QED) is 0.493. The number of likely N-dealkylation sites (N-methyl/N-ethyl adjacent to an activating group) is 1. The van der Waals surface area contributed by atoms with Crippen LogP contribution in [0.4, 0.5) is 0 Å². The Hall–Kier alpha value is -3.27. The number of rotatable bonds is 7. The average Bonchev–Trinajstić information content (AvgIpc) is 3.46. The summed E-state index contributed by atoms with van der Waals surface area (Å²) < 4.78 is 27.3. The van der Waals surface area contributed by atoms with E-state index < -0.39 is 9.84 Å². The molecule has 1 saturated heterocycles. The Balaban J connectivity index is 1.39. The molecule has 174 valence electrons. The van der Waals surface area contributed by atoms with E-state index in [0.717, 1.165) is 22.5 Å². The van der Waals surface area contributed by atoms with E-state index in [9.17, 15) is 13.2 Å². The molecule has 33 heavy (non-hydrogen) atoms. The van der Waals surface area contributed by atoms with E-state index in [1.54, 1.807) is 28.9 Å². The molecule has 4 rings (SSSR count). The fraction of sp³-hybridized carbons (Fsp3) is 0.391. The van der Waals surface area contributed by atoms with Crippen molar-refractivity contribution in [1.82, 2.24) is 29.7 Å². The molecule has 1 fully saturated rings. The monoisotopic (exact) mass is 468 g/mol. The molecule has 1 aliphatic rings. The lowest BCUT2D eigenvalue weighted by molar-refractivity contribution is -0.125. The number of aryl methyl sites for hydroxylation is 1. The third-order valence-corrected chi connectivity index (χ3v) is 7.69. The molecular formula is C23H28N6O3S. The molecule has 3 heterocycles. The van der Waals surface area contributed by atoms with Crippen molar-refractivity contribution >= 4 is 21.8 Å². The third kappa shape index (κ3) is 5.39. The zero-order valence-corrected chi connectivity index (χ0v) is 19.9. The van der Waals surface area contributed by atoms with Crippen LogP contribution in [-0.4, -0.2) is 62.6 Å².